The molecular formula is C25H32N2O3. The lowest BCUT2D eigenvalue weighted by Gasteiger charge is -2.31. The second kappa shape index (κ2) is 9.52. The van der Waals surface area contributed by atoms with Gasteiger partial charge in [0.1, 0.15) is 17.6 Å². The SMILES string of the molecule is CN[C@@H](C)C(=O)NC1CCC(Oc2ccc3c(c2)CCC(c2ccccc2)O3)CC1. The van der Waals surface area contributed by atoms with Gasteiger partial charge in [-0.2, -0.15) is 0 Å². The second-order valence-electron chi connectivity index (χ2n) is 8.44. The molecule has 0 saturated heterocycles. The summed E-state index contributed by atoms with van der Waals surface area (Å²) >= 11 is 0. The first kappa shape index (κ1) is 20.7. The number of carbonyl (C=O) groups is 1. The van der Waals surface area contributed by atoms with Crippen LogP contribution in [0.25, 0.3) is 0 Å². The number of ether oxygens (including phenoxy) is 2. The highest BCUT2D eigenvalue weighted by molar-refractivity contribution is 5.81. The largest absolute Gasteiger partial charge is 0.490 e. The maximum absolute atomic E-state index is 12.0. The normalized spacial score (nSPS) is 24.3. The van der Waals surface area contributed by atoms with Crippen LogP contribution in [0.2, 0.25) is 0 Å². The number of amides is 1. The molecule has 5 nitrogen and oxygen atoms in total. The summed E-state index contributed by atoms with van der Waals surface area (Å²) in [6.07, 6.45) is 6.15. The summed E-state index contributed by atoms with van der Waals surface area (Å²) in [5, 5.41) is 6.12. The number of hydrogen-bond donors (Lipinski definition) is 2. The minimum Gasteiger partial charge on any atom is -0.490 e. The van der Waals surface area contributed by atoms with Crippen molar-refractivity contribution in [2.24, 2.45) is 0 Å². The van der Waals surface area contributed by atoms with E-state index in [1.165, 1.54) is 11.1 Å². The summed E-state index contributed by atoms with van der Waals surface area (Å²) in [4.78, 5) is 12.0. The number of fused-ring (bicyclic) bond motifs is 1. The van der Waals surface area contributed by atoms with Crippen molar-refractivity contribution in [3.05, 3.63) is 59.7 Å². The molecule has 0 spiro atoms. The highest BCUT2D eigenvalue weighted by Crippen LogP contribution is 2.37. The summed E-state index contributed by atoms with van der Waals surface area (Å²) in [5.74, 6) is 1.96. The van der Waals surface area contributed by atoms with Gasteiger partial charge in [-0.05, 0) is 81.8 Å². The number of hydrogen-bond acceptors (Lipinski definition) is 4. The van der Waals surface area contributed by atoms with E-state index in [1.807, 2.05) is 25.1 Å². The quantitative estimate of drug-likeness (QED) is 0.753. The predicted octanol–water partition coefficient (Wildman–Crippen LogP) is 4.17. The zero-order valence-corrected chi connectivity index (χ0v) is 17.9. The van der Waals surface area contributed by atoms with E-state index in [1.54, 1.807) is 7.05 Å². The third-order valence-electron chi connectivity index (χ3n) is 6.30. The van der Waals surface area contributed by atoms with Crippen molar-refractivity contribution in [3.8, 4) is 11.5 Å². The van der Waals surface area contributed by atoms with Crippen LogP contribution in [0.15, 0.2) is 48.5 Å². The minimum atomic E-state index is -0.154. The van der Waals surface area contributed by atoms with Crippen molar-refractivity contribution in [2.75, 3.05) is 7.05 Å². The molecule has 1 saturated carbocycles. The standard InChI is InChI=1S/C25H32N2O3/c1-17(26-2)25(28)27-20-9-11-21(12-10-20)29-22-13-15-24-19(16-22)8-14-23(30-24)18-6-4-3-5-7-18/h3-7,13,15-17,20-21,23,26H,8-12,14H2,1-2H3,(H,27,28)/t17-,20?,21?,23?/m0/s1. The van der Waals surface area contributed by atoms with Gasteiger partial charge >= 0.3 is 0 Å². The molecule has 1 amide bonds. The summed E-state index contributed by atoms with van der Waals surface area (Å²) in [7, 11) is 1.81. The zero-order chi connectivity index (χ0) is 20.9. The first-order chi connectivity index (χ1) is 14.6. The van der Waals surface area contributed by atoms with Gasteiger partial charge in [-0.1, -0.05) is 30.3 Å². The molecular weight excluding hydrogens is 376 g/mol. The second-order valence-corrected chi connectivity index (χ2v) is 8.44. The summed E-state index contributed by atoms with van der Waals surface area (Å²) in [6.45, 7) is 1.88. The molecule has 4 rings (SSSR count). The van der Waals surface area contributed by atoms with Gasteiger partial charge in [0.2, 0.25) is 5.91 Å². The maximum Gasteiger partial charge on any atom is 0.237 e. The highest BCUT2D eigenvalue weighted by Gasteiger charge is 2.26. The molecule has 0 radical (unpaired) electrons. The first-order valence-corrected chi connectivity index (χ1v) is 11.1. The Labute approximate surface area is 179 Å². The van der Waals surface area contributed by atoms with E-state index < -0.39 is 0 Å². The van der Waals surface area contributed by atoms with Gasteiger partial charge in [-0.3, -0.25) is 4.79 Å². The first-order valence-electron chi connectivity index (χ1n) is 11.1. The summed E-state index contributed by atoms with van der Waals surface area (Å²) in [5.41, 5.74) is 2.46. The monoisotopic (exact) mass is 408 g/mol. The van der Waals surface area contributed by atoms with Crippen LogP contribution < -0.4 is 20.1 Å². The van der Waals surface area contributed by atoms with Crippen LogP contribution in [-0.2, 0) is 11.2 Å². The molecule has 1 heterocycles. The summed E-state index contributed by atoms with van der Waals surface area (Å²) in [6, 6.07) is 16.7. The third kappa shape index (κ3) is 4.96. The van der Waals surface area contributed by atoms with Crippen molar-refractivity contribution < 1.29 is 14.3 Å². The molecule has 2 N–H and O–H groups in total. The van der Waals surface area contributed by atoms with Gasteiger partial charge in [0.25, 0.3) is 0 Å². The molecule has 160 valence electrons. The fraction of sp³-hybridized carbons (Fsp3) is 0.480. The van der Waals surface area contributed by atoms with Crippen LogP contribution in [-0.4, -0.2) is 31.1 Å². The van der Waals surface area contributed by atoms with E-state index >= 15 is 0 Å². The van der Waals surface area contributed by atoms with Crippen molar-refractivity contribution in [1.82, 2.24) is 10.6 Å². The molecule has 1 unspecified atom stereocenters. The van der Waals surface area contributed by atoms with Gasteiger partial charge in [-0.15, -0.1) is 0 Å². The van der Waals surface area contributed by atoms with E-state index in [9.17, 15) is 4.79 Å². The molecule has 1 fully saturated rings. The number of aryl methyl sites for hydroxylation is 1. The van der Waals surface area contributed by atoms with E-state index in [0.717, 1.165) is 50.0 Å². The Hall–Kier alpha value is -2.53. The molecule has 1 aliphatic heterocycles. The Bertz CT molecular complexity index is 847. The lowest BCUT2D eigenvalue weighted by Crippen LogP contribution is -2.47. The Morgan fingerprint density at radius 1 is 1.07 bits per heavy atom. The number of nitrogens with one attached hydrogen (secondary N) is 2. The average Bonchev–Trinajstić information content (AvgIpc) is 2.80. The molecule has 2 atom stereocenters. The van der Waals surface area contributed by atoms with Crippen molar-refractivity contribution in [2.45, 2.75) is 69.7 Å². The van der Waals surface area contributed by atoms with E-state index in [-0.39, 0.29) is 30.2 Å². The highest BCUT2D eigenvalue weighted by atomic mass is 16.5. The number of likely N-dealkylation sites (N-methyl/N-ethyl adjacent to an activating group) is 1. The lowest BCUT2D eigenvalue weighted by atomic mass is 9.92. The van der Waals surface area contributed by atoms with Gasteiger partial charge in [0.15, 0.2) is 0 Å². The third-order valence-corrected chi connectivity index (χ3v) is 6.30. The van der Waals surface area contributed by atoms with Crippen LogP contribution in [0.4, 0.5) is 0 Å². The van der Waals surface area contributed by atoms with Crippen LogP contribution in [0, 0.1) is 0 Å². The Kier molecular flexibility index (Phi) is 6.58. The number of benzene rings is 2. The Balaban J connectivity index is 1.29. The van der Waals surface area contributed by atoms with Crippen LogP contribution in [0.3, 0.4) is 0 Å². The minimum absolute atomic E-state index is 0.0744. The molecule has 30 heavy (non-hydrogen) atoms. The maximum atomic E-state index is 12.0. The van der Waals surface area contributed by atoms with Gasteiger partial charge in [0, 0.05) is 6.04 Å². The zero-order valence-electron chi connectivity index (χ0n) is 17.9. The van der Waals surface area contributed by atoms with Gasteiger partial charge < -0.3 is 20.1 Å². The average molecular weight is 409 g/mol. The molecule has 2 aliphatic rings. The van der Waals surface area contributed by atoms with Crippen LogP contribution in [0.5, 0.6) is 11.5 Å². The van der Waals surface area contributed by atoms with Crippen molar-refractivity contribution in [3.63, 3.8) is 0 Å². The Morgan fingerprint density at radius 3 is 2.57 bits per heavy atom. The van der Waals surface area contributed by atoms with E-state index in [4.69, 9.17) is 9.47 Å². The van der Waals surface area contributed by atoms with E-state index in [0.29, 0.717) is 0 Å². The topological polar surface area (TPSA) is 59.6 Å². The van der Waals surface area contributed by atoms with Gasteiger partial charge in [0.05, 0.1) is 12.1 Å². The van der Waals surface area contributed by atoms with Crippen molar-refractivity contribution in [1.29, 1.82) is 0 Å². The molecule has 2 aromatic carbocycles. The van der Waals surface area contributed by atoms with Gasteiger partial charge in [-0.25, -0.2) is 0 Å². The lowest BCUT2D eigenvalue weighted by molar-refractivity contribution is -0.123. The van der Waals surface area contributed by atoms with Crippen LogP contribution in [0.1, 0.15) is 56.3 Å². The van der Waals surface area contributed by atoms with E-state index in [2.05, 4.69) is 41.0 Å². The Morgan fingerprint density at radius 2 is 1.83 bits per heavy atom. The fourth-order valence-corrected chi connectivity index (χ4v) is 4.32. The van der Waals surface area contributed by atoms with Crippen molar-refractivity contribution >= 4 is 5.91 Å². The summed E-state index contributed by atoms with van der Waals surface area (Å²) < 4.78 is 12.5. The molecule has 2 aromatic rings. The number of rotatable bonds is 6. The number of carbonyl (C=O) groups excluding carboxylic acids is 1. The predicted molar refractivity (Wildman–Crippen MR) is 118 cm³/mol. The fourth-order valence-electron chi connectivity index (χ4n) is 4.32. The van der Waals surface area contributed by atoms with Crippen LogP contribution >= 0.6 is 0 Å². The smallest absolute Gasteiger partial charge is 0.237 e. The molecule has 1 aliphatic carbocycles. The molecule has 5 heteroatoms. The molecule has 0 aromatic heterocycles. The molecule has 0 bridgehead atoms.